The van der Waals surface area contributed by atoms with E-state index in [1.165, 1.54) is 4.57 Å². The number of para-hydroxylation sites is 2. The lowest BCUT2D eigenvalue weighted by Gasteiger charge is -2.15. The molecule has 0 aliphatic rings. The first-order valence-corrected chi connectivity index (χ1v) is 13.5. The lowest BCUT2D eigenvalue weighted by atomic mass is 9.87. The van der Waals surface area contributed by atoms with Gasteiger partial charge >= 0.3 is 0 Å². The molecule has 2 aromatic carbocycles. The summed E-state index contributed by atoms with van der Waals surface area (Å²) in [6, 6.07) is 23.0. The van der Waals surface area contributed by atoms with Crippen LogP contribution in [0.4, 0.5) is 0 Å². The summed E-state index contributed by atoms with van der Waals surface area (Å²) >= 11 is 1.13. The minimum atomic E-state index is -0.796. The maximum Gasteiger partial charge on any atom is 0.273 e. The van der Waals surface area contributed by atoms with Crippen molar-refractivity contribution in [3.8, 4) is 28.7 Å². The Morgan fingerprint density at radius 3 is 2.40 bits per heavy atom. The number of carbonyl (C=O) groups is 1. The zero-order valence-corrected chi connectivity index (χ0v) is 23.4. The summed E-state index contributed by atoms with van der Waals surface area (Å²) in [5, 5.41) is 14.9. The molecule has 7 nitrogen and oxygen atoms in total. The van der Waals surface area contributed by atoms with Crippen molar-refractivity contribution in [3.05, 3.63) is 116 Å². The highest BCUT2D eigenvalue weighted by Crippen LogP contribution is 2.24. The molecule has 0 bridgehead atoms. The van der Waals surface area contributed by atoms with E-state index in [0.29, 0.717) is 26.1 Å². The van der Waals surface area contributed by atoms with Crippen LogP contribution in [0.25, 0.3) is 34.3 Å². The highest BCUT2D eigenvalue weighted by molar-refractivity contribution is 7.07. The van der Waals surface area contributed by atoms with Crippen molar-refractivity contribution in [2.24, 2.45) is 5.41 Å². The molecule has 3 heterocycles. The fourth-order valence-electron chi connectivity index (χ4n) is 4.33. The fourth-order valence-corrected chi connectivity index (χ4v) is 5.41. The van der Waals surface area contributed by atoms with Gasteiger partial charge in [0, 0.05) is 35.1 Å². The molecule has 0 amide bonds. The van der Waals surface area contributed by atoms with Crippen LogP contribution in [0.1, 0.15) is 31.9 Å². The molecule has 198 valence electrons. The topological polar surface area (TPSA) is 93.6 Å². The van der Waals surface area contributed by atoms with Crippen LogP contribution < -0.4 is 14.8 Å². The molecule has 5 aromatic rings. The first-order chi connectivity index (χ1) is 19.2. The van der Waals surface area contributed by atoms with Crippen molar-refractivity contribution in [3.63, 3.8) is 0 Å². The maximum absolute atomic E-state index is 14.0. The van der Waals surface area contributed by atoms with E-state index < -0.39 is 5.41 Å². The van der Waals surface area contributed by atoms with Gasteiger partial charge < -0.3 is 0 Å². The minimum absolute atomic E-state index is 0.0371. The number of carbonyl (C=O) groups excluding carboxylic acids is 1. The summed E-state index contributed by atoms with van der Waals surface area (Å²) in [5.41, 5.74) is 3.36. The zero-order valence-electron chi connectivity index (χ0n) is 22.6. The predicted molar refractivity (Wildman–Crippen MR) is 158 cm³/mol. The summed E-state index contributed by atoms with van der Waals surface area (Å²) < 4.78 is 3.94. The number of Topliss-reactive ketones (excluding diaryl/α,β-unsaturated/α-hetero) is 1. The molecule has 0 saturated carbocycles. The van der Waals surface area contributed by atoms with Gasteiger partial charge in [0.05, 0.1) is 15.9 Å². The first-order valence-electron chi connectivity index (χ1n) is 12.7. The number of aromatic nitrogens is 4. The van der Waals surface area contributed by atoms with E-state index in [1.807, 2.05) is 79.9 Å². The SMILES string of the molecule is Cc1ccccc1-n1c(=O)/c(=C\c2cn(-c3ccccc3)nc2-c2cccnc2)s/c1=C(/C#N)C(=O)C(C)(C)C. The van der Waals surface area contributed by atoms with Gasteiger partial charge in [-0.2, -0.15) is 10.4 Å². The number of aryl methyl sites for hydroxylation is 1. The van der Waals surface area contributed by atoms with Crippen LogP contribution in [0.5, 0.6) is 0 Å². The fraction of sp³-hybridized carbons (Fsp3) is 0.156. The van der Waals surface area contributed by atoms with Crippen molar-refractivity contribution in [2.45, 2.75) is 27.7 Å². The Labute approximate surface area is 235 Å². The van der Waals surface area contributed by atoms with E-state index >= 15 is 0 Å². The Balaban J connectivity index is 1.85. The molecule has 0 radical (unpaired) electrons. The third-order valence-electron chi connectivity index (χ3n) is 6.40. The number of benzene rings is 2. The van der Waals surface area contributed by atoms with Crippen LogP contribution in [-0.4, -0.2) is 25.1 Å². The number of rotatable bonds is 5. The number of hydrogen-bond donors (Lipinski definition) is 0. The van der Waals surface area contributed by atoms with Crippen LogP contribution in [0.2, 0.25) is 0 Å². The number of nitrogens with zero attached hydrogens (tertiary/aromatic N) is 5. The molecule has 0 atom stereocenters. The molecule has 0 aliphatic carbocycles. The van der Waals surface area contributed by atoms with Gasteiger partial charge in [-0.15, -0.1) is 11.3 Å². The Morgan fingerprint density at radius 2 is 1.75 bits per heavy atom. The second kappa shape index (κ2) is 10.7. The van der Waals surface area contributed by atoms with Gasteiger partial charge in [0.15, 0.2) is 5.78 Å². The Kier molecular flexibility index (Phi) is 7.16. The molecule has 40 heavy (non-hydrogen) atoms. The van der Waals surface area contributed by atoms with Crippen molar-refractivity contribution in [2.75, 3.05) is 0 Å². The van der Waals surface area contributed by atoms with Crippen LogP contribution in [0, 0.1) is 23.7 Å². The largest absolute Gasteiger partial charge is 0.293 e. The molecule has 0 spiro atoms. The van der Waals surface area contributed by atoms with Gasteiger partial charge in [-0.05, 0) is 48.9 Å². The number of nitriles is 1. The molecule has 8 heteroatoms. The predicted octanol–water partition coefficient (Wildman–Crippen LogP) is 4.57. The van der Waals surface area contributed by atoms with Crippen LogP contribution in [0.3, 0.4) is 0 Å². The zero-order chi connectivity index (χ0) is 28.4. The van der Waals surface area contributed by atoms with Gasteiger partial charge in [0.1, 0.15) is 22.0 Å². The number of hydrogen-bond acceptors (Lipinski definition) is 6. The van der Waals surface area contributed by atoms with Crippen molar-refractivity contribution in [1.29, 1.82) is 5.26 Å². The first kappa shape index (κ1) is 26.7. The molecule has 0 N–H and O–H groups in total. The quantitative estimate of drug-likeness (QED) is 0.323. The van der Waals surface area contributed by atoms with Gasteiger partial charge in [-0.1, -0.05) is 57.2 Å². The molecule has 0 unspecified atom stereocenters. The molecule has 3 aromatic heterocycles. The van der Waals surface area contributed by atoms with Gasteiger partial charge in [-0.25, -0.2) is 4.68 Å². The summed E-state index contributed by atoms with van der Waals surface area (Å²) in [4.78, 5) is 31.6. The van der Waals surface area contributed by atoms with E-state index in [4.69, 9.17) is 5.10 Å². The molecule has 0 fully saturated rings. The van der Waals surface area contributed by atoms with E-state index in [9.17, 15) is 14.9 Å². The summed E-state index contributed by atoms with van der Waals surface area (Å²) in [5.74, 6) is -0.321. The summed E-state index contributed by atoms with van der Waals surface area (Å²) in [7, 11) is 0. The van der Waals surface area contributed by atoms with E-state index in [0.717, 1.165) is 28.2 Å². The summed E-state index contributed by atoms with van der Waals surface area (Å²) in [6.07, 6.45) is 7.06. The lowest BCUT2D eigenvalue weighted by Crippen LogP contribution is -2.33. The monoisotopic (exact) mass is 545 g/mol. The smallest absolute Gasteiger partial charge is 0.273 e. The average Bonchev–Trinajstić information content (AvgIpc) is 3.51. The molecule has 5 rings (SSSR count). The van der Waals surface area contributed by atoms with Gasteiger partial charge in [0.25, 0.3) is 5.56 Å². The second-order valence-corrected chi connectivity index (χ2v) is 11.4. The third kappa shape index (κ3) is 5.07. The molecule has 0 aliphatic heterocycles. The van der Waals surface area contributed by atoms with E-state index in [2.05, 4.69) is 11.1 Å². The number of thiazole rings is 1. The van der Waals surface area contributed by atoms with Crippen LogP contribution in [-0.2, 0) is 4.79 Å². The summed E-state index contributed by atoms with van der Waals surface area (Å²) in [6.45, 7) is 7.19. The van der Waals surface area contributed by atoms with Crippen molar-refractivity contribution >= 4 is 28.8 Å². The van der Waals surface area contributed by atoms with Crippen LogP contribution >= 0.6 is 11.3 Å². The van der Waals surface area contributed by atoms with E-state index in [1.54, 1.807) is 43.9 Å². The number of pyridine rings is 1. The van der Waals surface area contributed by atoms with Crippen molar-refractivity contribution in [1.82, 2.24) is 19.3 Å². The standard InChI is InChI=1S/C32H27N5O2S/c1-21-11-8-9-15-26(21)37-30(39)27(40-31(37)25(18-33)29(38)32(2,3)4)17-23-20-36(24-13-6-5-7-14-24)35-28(23)22-12-10-16-34-19-22/h5-17,19-20H,1-4H3/b27-17+,31-25-. The second-order valence-electron chi connectivity index (χ2n) is 10.4. The Morgan fingerprint density at radius 1 is 1.02 bits per heavy atom. The lowest BCUT2D eigenvalue weighted by molar-refractivity contribution is -0.120. The van der Waals surface area contributed by atoms with Crippen molar-refractivity contribution < 1.29 is 4.79 Å². The molecule has 0 saturated heterocycles. The van der Waals surface area contributed by atoms with Gasteiger partial charge in [0.2, 0.25) is 0 Å². The molecular formula is C32H27N5O2S. The van der Waals surface area contributed by atoms with E-state index in [-0.39, 0.29) is 16.9 Å². The molecular weight excluding hydrogens is 518 g/mol. The Bertz CT molecular complexity index is 1940. The third-order valence-corrected chi connectivity index (χ3v) is 7.49. The maximum atomic E-state index is 14.0. The number of ketones is 1. The highest BCUT2D eigenvalue weighted by atomic mass is 32.1. The Hall–Kier alpha value is -4.87. The van der Waals surface area contributed by atoms with Gasteiger partial charge in [-0.3, -0.25) is 19.1 Å². The normalized spacial score (nSPS) is 12.7. The minimum Gasteiger partial charge on any atom is -0.293 e. The highest BCUT2D eigenvalue weighted by Gasteiger charge is 2.28. The van der Waals surface area contributed by atoms with Crippen LogP contribution in [0.15, 0.2) is 90.1 Å². The average molecular weight is 546 g/mol.